The fraction of sp³-hybridized carbons (Fsp3) is 0.500. The molecule has 0 aliphatic heterocycles. The normalized spacial score (nSPS) is 13.4. The average Bonchev–Trinajstić information content (AvgIpc) is 2.82. The van der Waals surface area contributed by atoms with Crippen molar-refractivity contribution in [2.24, 2.45) is 5.41 Å². The molecule has 5 nitrogen and oxygen atoms in total. The molecule has 0 saturated carbocycles. The summed E-state index contributed by atoms with van der Waals surface area (Å²) >= 11 is 6.84. The second kappa shape index (κ2) is 6.54. The molecule has 2 aromatic rings. The largest absolute Gasteiger partial charge is 0.339 e. The maximum absolute atomic E-state index is 5.36. The Hall–Kier alpha value is -0.790. The molecular formula is C14H18Br2N4O. The van der Waals surface area contributed by atoms with Gasteiger partial charge in [0.2, 0.25) is 11.7 Å². The maximum Gasteiger partial charge on any atom is 0.228 e. The molecule has 0 aliphatic carbocycles. The summed E-state index contributed by atoms with van der Waals surface area (Å²) in [5, 5.41) is 7.32. The highest BCUT2D eigenvalue weighted by Crippen LogP contribution is 2.27. The minimum atomic E-state index is 0.111. The van der Waals surface area contributed by atoms with E-state index in [2.05, 4.69) is 73.1 Å². The van der Waals surface area contributed by atoms with Crippen LogP contribution >= 0.6 is 31.9 Å². The van der Waals surface area contributed by atoms with E-state index in [1.54, 1.807) is 6.20 Å². The first-order valence-electron chi connectivity index (χ1n) is 6.62. The van der Waals surface area contributed by atoms with E-state index in [-0.39, 0.29) is 11.5 Å². The fourth-order valence-electron chi connectivity index (χ4n) is 2.03. The van der Waals surface area contributed by atoms with Crippen LogP contribution in [0.2, 0.25) is 0 Å². The molecule has 0 aromatic carbocycles. The van der Waals surface area contributed by atoms with Crippen molar-refractivity contribution in [2.75, 3.05) is 7.05 Å². The van der Waals surface area contributed by atoms with Crippen LogP contribution in [-0.4, -0.2) is 28.2 Å². The van der Waals surface area contributed by atoms with Gasteiger partial charge in [-0.05, 0) is 50.4 Å². The highest BCUT2D eigenvalue weighted by atomic mass is 79.9. The monoisotopic (exact) mass is 416 g/mol. The molecule has 2 rings (SSSR count). The number of rotatable bonds is 4. The lowest BCUT2D eigenvalue weighted by Gasteiger charge is -2.29. The molecule has 21 heavy (non-hydrogen) atoms. The summed E-state index contributed by atoms with van der Waals surface area (Å²) in [6.45, 7) is 6.54. The summed E-state index contributed by atoms with van der Waals surface area (Å²) in [4.78, 5) is 8.76. The van der Waals surface area contributed by atoms with Gasteiger partial charge in [-0.2, -0.15) is 4.98 Å². The third-order valence-corrected chi connectivity index (χ3v) is 4.30. The number of hydrogen-bond donors (Lipinski definition) is 1. The molecule has 0 fully saturated rings. The number of likely N-dealkylation sites (N-methyl/N-ethyl adjacent to an activating group) is 1. The number of pyridine rings is 1. The van der Waals surface area contributed by atoms with E-state index in [1.807, 2.05) is 13.1 Å². The zero-order chi connectivity index (χ0) is 15.6. The number of aromatic nitrogens is 3. The van der Waals surface area contributed by atoms with Crippen LogP contribution in [0, 0.1) is 5.41 Å². The van der Waals surface area contributed by atoms with E-state index in [9.17, 15) is 0 Å². The van der Waals surface area contributed by atoms with Gasteiger partial charge in [0, 0.05) is 27.6 Å². The molecule has 1 N–H and O–H groups in total. The summed E-state index contributed by atoms with van der Waals surface area (Å²) in [5.74, 6) is 1.10. The molecule has 2 heterocycles. The van der Waals surface area contributed by atoms with E-state index < -0.39 is 0 Å². The zero-order valence-electron chi connectivity index (χ0n) is 12.4. The minimum absolute atomic E-state index is 0.111. The molecule has 0 radical (unpaired) electrons. The lowest BCUT2D eigenvalue weighted by molar-refractivity contribution is 0.255. The van der Waals surface area contributed by atoms with Crippen LogP contribution in [0.5, 0.6) is 0 Å². The van der Waals surface area contributed by atoms with Crippen molar-refractivity contribution in [3.05, 3.63) is 27.1 Å². The van der Waals surface area contributed by atoms with E-state index in [0.29, 0.717) is 23.8 Å². The zero-order valence-corrected chi connectivity index (χ0v) is 15.6. The van der Waals surface area contributed by atoms with Gasteiger partial charge in [0.1, 0.15) is 5.69 Å². The van der Waals surface area contributed by atoms with Gasteiger partial charge in [-0.25, -0.2) is 0 Å². The molecular weight excluding hydrogens is 400 g/mol. The van der Waals surface area contributed by atoms with Crippen molar-refractivity contribution in [3.63, 3.8) is 0 Å². The summed E-state index contributed by atoms with van der Waals surface area (Å²) in [6.07, 6.45) is 2.39. The number of hydrogen-bond acceptors (Lipinski definition) is 5. The van der Waals surface area contributed by atoms with Crippen LogP contribution in [0.15, 0.2) is 25.7 Å². The Morgan fingerprint density at radius 1 is 1.33 bits per heavy atom. The highest BCUT2D eigenvalue weighted by Gasteiger charge is 2.26. The Morgan fingerprint density at radius 3 is 2.62 bits per heavy atom. The van der Waals surface area contributed by atoms with Crippen molar-refractivity contribution in [2.45, 2.75) is 33.2 Å². The van der Waals surface area contributed by atoms with Crippen LogP contribution in [0.1, 0.15) is 26.7 Å². The second-order valence-corrected chi connectivity index (χ2v) is 7.68. The Morgan fingerprint density at radius 2 is 2.05 bits per heavy atom. The van der Waals surface area contributed by atoms with Crippen LogP contribution in [0.3, 0.4) is 0 Å². The summed E-state index contributed by atoms with van der Waals surface area (Å²) in [5.41, 5.74) is 0.782. The predicted molar refractivity (Wildman–Crippen MR) is 88.9 cm³/mol. The average molecular weight is 418 g/mol. The molecule has 7 heteroatoms. The van der Waals surface area contributed by atoms with Gasteiger partial charge >= 0.3 is 0 Å². The molecule has 114 valence electrons. The smallest absolute Gasteiger partial charge is 0.228 e. The molecule has 0 spiro atoms. The van der Waals surface area contributed by atoms with Gasteiger partial charge in [0.05, 0.1) is 0 Å². The van der Waals surface area contributed by atoms with Crippen molar-refractivity contribution in [1.82, 2.24) is 20.4 Å². The van der Waals surface area contributed by atoms with Crippen LogP contribution in [0.25, 0.3) is 11.5 Å². The van der Waals surface area contributed by atoms with Crippen LogP contribution < -0.4 is 5.32 Å². The fourth-order valence-corrected chi connectivity index (χ4v) is 3.19. The van der Waals surface area contributed by atoms with Gasteiger partial charge in [0.25, 0.3) is 0 Å². The Balaban J connectivity index is 2.22. The molecule has 2 aromatic heterocycles. The lowest BCUT2D eigenvalue weighted by atomic mass is 9.85. The third-order valence-electron chi connectivity index (χ3n) is 3.26. The van der Waals surface area contributed by atoms with Crippen molar-refractivity contribution >= 4 is 31.9 Å². The Bertz CT molecular complexity index is 622. The van der Waals surface area contributed by atoms with Crippen molar-refractivity contribution in [3.8, 4) is 11.5 Å². The second-order valence-electron chi connectivity index (χ2n) is 5.91. The van der Waals surface area contributed by atoms with Gasteiger partial charge in [-0.1, -0.05) is 25.9 Å². The van der Waals surface area contributed by atoms with E-state index in [1.165, 1.54) is 0 Å². The molecule has 0 saturated heterocycles. The summed E-state index contributed by atoms with van der Waals surface area (Å²) < 4.78 is 7.08. The molecule has 0 amide bonds. The lowest BCUT2D eigenvalue weighted by Crippen LogP contribution is -2.39. The van der Waals surface area contributed by atoms with Crippen molar-refractivity contribution in [1.29, 1.82) is 0 Å². The first-order valence-corrected chi connectivity index (χ1v) is 8.21. The predicted octanol–water partition coefficient (Wildman–Crippen LogP) is 3.83. The Kier molecular flexibility index (Phi) is 5.16. The van der Waals surface area contributed by atoms with E-state index in [4.69, 9.17) is 4.52 Å². The number of nitrogens with zero attached hydrogens (tertiary/aromatic N) is 3. The quantitative estimate of drug-likeness (QED) is 0.818. The van der Waals surface area contributed by atoms with Crippen LogP contribution in [0.4, 0.5) is 0 Å². The SMILES string of the molecule is CNC(Cc1nc(-c2ncc(Br)cc2Br)no1)C(C)(C)C. The minimum Gasteiger partial charge on any atom is -0.339 e. The van der Waals surface area contributed by atoms with E-state index in [0.717, 1.165) is 8.95 Å². The topological polar surface area (TPSA) is 63.8 Å². The summed E-state index contributed by atoms with van der Waals surface area (Å²) in [6, 6.07) is 2.16. The first-order chi connectivity index (χ1) is 9.81. The molecule has 0 bridgehead atoms. The Labute approximate surface area is 141 Å². The van der Waals surface area contributed by atoms with Gasteiger partial charge < -0.3 is 9.84 Å². The maximum atomic E-state index is 5.36. The summed E-state index contributed by atoms with van der Waals surface area (Å²) in [7, 11) is 1.94. The van der Waals surface area contributed by atoms with Crippen LogP contribution in [-0.2, 0) is 6.42 Å². The third kappa shape index (κ3) is 4.11. The number of nitrogens with one attached hydrogen (secondary N) is 1. The molecule has 0 aliphatic rings. The highest BCUT2D eigenvalue weighted by molar-refractivity contribution is 9.11. The first kappa shape index (κ1) is 16.6. The van der Waals surface area contributed by atoms with Gasteiger partial charge in [0.15, 0.2) is 0 Å². The van der Waals surface area contributed by atoms with Gasteiger partial charge in [-0.15, -0.1) is 0 Å². The number of halogens is 2. The molecule has 1 unspecified atom stereocenters. The van der Waals surface area contributed by atoms with Crippen molar-refractivity contribution < 1.29 is 4.52 Å². The van der Waals surface area contributed by atoms with Gasteiger partial charge in [-0.3, -0.25) is 4.98 Å². The van der Waals surface area contributed by atoms with E-state index >= 15 is 0 Å². The standard InChI is InChI=1S/C14H18Br2N4O/c1-14(2,3)10(17-4)6-11-19-13(20-21-11)12-9(16)5-8(15)7-18-12/h5,7,10,17H,6H2,1-4H3. The molecule has 1 atom stereocenters.